The van der Waals surface area contributed by atoms with Crippen molar-refractivity contribution in [2.24, 2.45) is 11.8 Å². The molecule has 1 aliphatic heterocycles. The average Bonchev–Trinajstić information content (AvgIpc) is 3.24. The Labute approximate surface area is 186 Å². The molecule has 2 aromatic carbocycles. The highest BCUT2D eigenvalue weighted by Crippen LogP contribution is 2.58. The standard InChI is InChI=1S/C24H28O8/c1-11-7-14-8-16(27-4)21(28-5)24(32-13(3)25)18(14)19-15(20(26)12(11)2)9-17-22(23(19)29-6)31-10-30-17/h8-9,11-12,20,26H,7,10H2,1-6H3. The van der Waals surface area contributed by atoms with Crippen molar-refractivity contribution >= 4 is 5.97 Å². The highest BCUT2D eigenvalue weighted by atomic mass is 16.7. The number of fused-ring (bicyclic) bond motifs is 4. The third kappa shape index (κ3) is 3.39. The van der Waals surface area contributed by atoms with E-state index in [0.717, 1.165) is 5.56 Å². The van der Waals surface area contributed by atoms with Gasteiger partial charge in [-0.2, -0.15) is 0 Å². The highest BCUT2D eigenvalue weighted by molar-refractivity contribution is 5.90. The van der Waals surface area contributed by atoms with E-state index in [1.54, 1.807) is 6.07 Å². The number of rotatable bonds is 4. The second-order valence-electron chi connectivity index (χ2n) is 8.16. The van der Waals surface area contributed by atoms with Crippen LogP contribution in [0.25, 0.3) is 11.1 Å². The first-order valence-corrected chi connectivity index (χ1v) is 10.5. The van der Waals surface area contributed by atoms with Crippen molar-refractivity contribution in [3.8, 4) is 45.6 Å². The first kappa shape index (κ1) is 22.1. The number of carbonyl (C=O) groups is 1. The van der Waals surface area contributed by atoms with Gasteiger partial charge in [0.25, 0.3) is 0 Å². The molecular formula is C24H28O8. The molecule has 172 valence electrons. The molecule has 1 heterocycles. The highest BCUT2D eigenvalue weighted by Gasteiger charge is 2.38. The quantitative estimate of drug-likeness (QED) is 0.561. The molecule has 8 nitrogen and oxygen atoms in total. The van der Waals surface area contributed by atoms with Crippen molar-refractivity contribution in [2.45, 2.75) is 33.3 Å². The SMILES string of the molecule is COc1cc2c(c(OC(C)=O)c1OC)-c1c(cc3c(c1OC)OCO3)C(O)C(C)C(C)C2. The number of methoxy groups -OCH3 is 3. The summed E-state index contributed by atoms with van der Waals surface area (Å²) in [4.78, 5) is 12.1. The maximum absolute atomic E-state index is 12.1. The van der Waals surface area contributed by atoms with E-state index in [1.807, 2.05) is 13.0 Å². The van der Waals surface area contributed by atoms with Crippen molar-refractivity contribution in [2.75, 3.05) is 28.1 Å². The maximum atomic E-state index is 12.1. The lowest BCUT2D eigenvalue weighted by Crippen LogP contribution is -2.23. The van der Waals surface area contributed by atoms with Crippen LogP contribution in [0.1, 0.15) is 38.0 Å². The van der Waals surface area contributed by atoms with Gasteiger partial charge in [0.1, 0.15) is 0 Å². The van der Waals surface area contributed by atoms with Gasteiger partial charge in [-0.25, -0.2) is 0 Å². The Kier molecular flexibility index (Phi) is 5.81. The summed E-state index contributed by atoms with van der Waals surface area (Å²) >= 11 is 0. The first-order chi connectivity index (χ1) is 15.3. The maximum Gasteiger partial charge on any atom is 0.308 e. The van der Waals surface area contributed by atoms with Gasteiger partial charge in [-0.05, 0) is 41.5 Å². The summed E-state index contributed by atoms with van der Waals surface area (Å²) in [5.74, 6) is 1.80. The third-order valence-corrected chi connectivity index (χ3v) is 6.31. The Morgan fingerprint density at radius 1 is 1.00 bits per heavy atom. The van der Waals surface area contributed by atoms with Crippen LogP contribution in [0.5, 0.6) is 34.5 Å². The molecule has 0 aromatic heterocycles. The molecule has 0 saturated heterocycles. The third-order valence-electron chi connectivity index (χ3n) is 6.31. The zero-order valence-corrected chi connectivity index (χ0v) is 19.1. The van der Waals surface area contributed by atoms with Crippen molar-refractivity contribution in [1.29, 1.82) is 0 Å². The van der Waals surface area contributed by atoms with Crippen molar-refractivity contribution < 1.29 is 38.3 Å². The molecule has 32 heavy (non-hydrogen) atoms. The van der Waals surface area contributed by atoms with E-state index in [-0.39, 0.29) is 30.1 Å². The first-order valence-electron chi connectivity index (χ1n) is 10.5. The second kappa shape index (κ2) is 8.43. The molecule has 8 heteroatoms. The van der Waals surface area contributed by atoms with Crippen LogP contribution in [0.4, 0.5) is 0 Å². The number of esters is 1. The summed E-state index contributed by atoms with van der Waals surface area (Å²) < 4.78 is 33.9. The van der Waals surface area contributed by atoms with Crippen LogP contribution >= 0.6 is 0 Å². The molecular weight excluding hydrogens is 416 g/mol. The Bertz CT molecular complexity index is 1060. The minimum absolute atomic E-state index is 0.0478. The fraction of sp³-hybridized carbons (Fsp3) is 0.458. The molecule has 4 rings (SSSR count). The van der Waals surface area contributed by atoms with E-state index < -0.39 is 12.1 Å². The predicted octanol–water partition coefficient (Wildman–Crippen LogP) is 3.90. The molecule has 0 saturated carbocycles. The van der Waals surface area contributed by atoms with E-state index >= 15 is 0 Å². The molecule has 1 N–H and O–H groups in total. The number of aliphatic hydroxyl groups is 1. The van der Waals surface area contributed by atoms with Gasteiger partial charge in [-0.3, -0.25) is 4.79 Å². The molecule has 0 fully saturated rings. The zero-order valence-electron chi connectivity index (χ0n) is 19.1. The molecule has 2 aliphatic rings. The number of aliphatic hydroxyl groups excluding tert-OH is 1. The van der Waals surface area contributed by atoms with Crippen LogP contribution in [0, 0.1) is 11.8 Å². The Morgan fingerprint density at radius 3 is 2.34 bits per heavy atom. The van der Waals surface area contributed by atoms with Gasteiger partial charge < -0.3 is 33.5 Å². The summed E-state index contributed by atoms with van der Waals surface area (Å²) in [5.41, 5.74) is 2.66. The van der Waals surface area contributed by atoms with E-state index in [0.29, 0.717) is 46.1 Å². The van der Waals surface area contributed by atoms with Crippen molar-refractivity contribution in [3.05, 3.63) is 23.3 Å². The van der Waals surface area contributed by atoms with Gasteiger partial charge >= 0.3 is 5.97 Å². The summed E-state index contributed by atoms with van der Waals surface area (Å²) in [6.07, 6.45) is -0.200. The summed E-state index contributed by atoms with van der Waals surface area (Å²) in [6.45, 7) is 5.46. The topological polar surface area (TPSA) is 92.7 Å². The summed E-state index contributed by atoms with van der Waals surface area (Å²) in [7, 11) is 4.55. The Balaban J connectivity index is 2.18. The van der Waals surface area contributed by atoms with Crippen LogP contribution in [0.3, 0.4) is 0 Å². The zero-order chi connectivity index (χ0) is 23.2. The molecule has 0 bridgehead atoms. The van der Waals surface area contributed by atoms with E-state index in [2.05, 4.69) is 6.92 Å². The Morgan fingerprint density at radius 2 is 1.72 bits per heavy atom. The minimum Gasteiger partial charge on any atom is -0.493 e. The number of hydrogen-bond donors (Lipinski definition) is 1. The van der Waals surface area contributed by atoms with Gasteiger partial charge in [-0.15, -0.1) is 0 Å². The summed E-state index contributed by atoms with van der Waals surface area (Å²) in [6, 6.07) is 3.66. The molecule has 3 unspecified atom stereocenters. The van der Waals surface area contributed by atoms with Crippen LogP contribution in [-0.4, -0.2) is 39.2 Å². The molecule has 2 aromatic rings. The lowest BCUT2D eigenvalue weighted by molar-refractivity contribution is -0.131. The minimum atomic E-state index is -0.810. The molecule has 3 atom stereocenters. The van der Waals surface area contributed by atoms with Crippen molar-refractivity contribution in [1.82, 2.24) is 0 Å². The van der Waals surface area contributed by atoms with E-state index in [4.69, 9.17) is 28.4 Å². The largest absolute Gasteiger partial charge is 0.493 e. The van der Waals surface area contributed by atoms with Crippen LogP contribution in [0.15, 0.2) is 12.1 Å². The second-order valence-corrected chi connectivity index (χ2v) is 8.16. The molecule has 0 spiro atoms. The molecule has 0 radical (unpaired) electrons. The van der Waals surface area contributed by atoms with E-state index in [9.17, 15) is 9.90 Å². The fourth-order valence-corrected chi connectivity index (χ4v) is 4.53. The average molecular weight is 444 g/mol. The van der Waals surface area contributed by atoms with Gasteiger partial charge in [0.2, 0.25) is 18.3 Å². The lowest BCUT2D eigenvalue weighted by atomic mass is 9.76. The number of carbonyl (C=O) groups excluding carboxylic acids is 1. The van der Waals surface area contributed by atoms with Crippen LogP contribution in [0.2, 0.25) is 0 Å². The van der Waals surface area contributed by atoms with Gasteiger partial charge in [-0.1, -0.05) is 13.8 Å². The number of hydrogen-bond acceptors (Lipinski definition) is 8. The molecule has 1 aliphatic carbocycles. The molecule has 0 amide bonds. The van der Waals surface area contributed by atoms with Crippen molar-refractivity contribution in [3.63, 3.8) is 0 Å². The number of benzene rings is 2. The smallest absolute Gasteiger partial charge is 0.308 e. The monoisotopic (exact) mass is 444 g/mol. The van der Waals surface area contributed by atoms with E-state index in [1.165, 1.54) is 28.3 Å². The van der Waals surface area contributed by atoms with Gasteiger partial charge in [0, 0.05) is 18.1 Å². The van der Waals surface area contributed by atoms with Crippen LogP contribution < -0.4 is 28.4 Å². The van der Waals surface area contributed by atoms with Crippen LogP contribution in [-0.2, 0) is 11.2 Å². The fourth-order valence-electron chi connectivity index (χ4n) is 4.53. The predicted molar refractivity (Wildman–Crippen MR) is 116 cm³/mol. The normalized spacial score (nSPS) is 21.0. The number of ether oxygens (including phenoxy) is 6. The summed E-state index contributed by atoms with van der Waals surface area (Å²) in [5, 5.41) is 11.4. The lowest BCUT2D eigenvalue weighted by Gasteiger charge is -2.33. The van der Waals surface area contributed by atoms with Gasteiger partial charge in [0.15, 0.2) is 23.0 Å². The Hall–Kier alpha value is -3.13. The van der Waals surface area contributed by atoms with Gasteiger partial charge in [0.05, 0.1) is 27.4 Å².